The number of piperidine rings is 1. The molecule has 2 fully saturated rings. The topological polar surface area (TPSA) is 41.1 Å². The molecule has 2 aliphatic heterocycles. The second-order valence-corrected chi connectivity index (χ2v) is 5.96. The molecule has 2 aliphatic rings. The summed E-state index contributed by atoms with van der Waals surface area (Å²) in [4.78, 5) is 11.3. The first-order chi connectivity index (χ1) is 9.88. The molecule has 0 bridgehead atoms. The van der Waals surface area contributed by atoms with Crippen LogP contribution in [0.4, 0.5) is 5.69 Å². The van der Waals surface area contributed by atoms with E-state index in [2.05, 4.69) is 38.4 Å². The maximum atomic E-state index is 4.38. The van der Waals surface area contributed by atoms with Gasteiger partial charge in [0.05, 0.1) is 11.0 Å². The molecule has 0 saturated carbocycles. The molecule has 0 aliphatic carbocycles. The molecule has 2 aromatic rings. The molecule has 4 nitrogen and oxygen atoms in total. The van der Waals surface area contributed by atoms with Crippen LogP contribution >= 0.6 is 0 Å². The lowest BCUT2D eigenvalue weighted by Crippen LogP contribution is -2.42. The number of benzene rings is 1. The van der Waals surface area contributed by atoms with E-state index in [0.29, 0.717) is 6.04 Å². The number of nitrogens with zero attached hydrogens (tertiary/aromatic N) is 3. The Hall–Kier alpha value is -1.68. The Kier molecular flexibility index (Phi) is 3.03. The van der Waals surface area contributed by atoms with Crippen molar-refractivity contribution in [2.24, 2.45) is 0 Å². The van der Waals surface area contributed by atoms with Crippen LogP contribution in [0.5, 0.6) is 0 Å². The van der Waals surface area contributed by atoms with E-state index < -0.39 is 0 Å². The van der Waals surface area contributed by atoms with E-state index in [-0.39, 0.29) is 0 Å². The van der Waals surface area contributed by atoms with Crippen LogP contribution in [0.2, 0.25) is 0 Å². The van der Waals surface area contributed by atoms with Crippen LogP contribution in [-0.4, -0.2) is 40.0 Å². The Balaban J connectivity index is 1.49. The Bertz CT molecular complexity index is 612. The maximum absolute atomic E-state index is 4.38. The van der Waals surface area contributed by atoms with Crippen LogP contribution in [0.15, 0.2) is 30.6 Å². The molecular formula is C16H20N4. The Morgan fingerprint density at radius 1 is 1.05 bits per heavy atom. The molecule has 1 aromatic carbocycles. The molecule has 0 radical (unpaired) electrons. The van der Waals surface area contributed by atoms with E-state index >= 15 is 0 Å². The predicted molar refractivity (Wildman–Crippen MR) is 80.8 cm³/mol. The molecule has 4 rings (SSSR count). The zero-order chi connectivity index (χ0) is 13.4. The minimum atomic E-state index is 0.600. The van der Waals surface area contributed by atoms with Crippen LogP contribution in [0, 0.1) is 0 Å². The highest BCUT2D eigenvalue weighted by molar-refractivity contribution is 5.78. The van der Waals surface area contributed by atoms with Gasteiger partial charge in [-0.25, -0.2) is 0 Å². The van der Waals surface area contributed by atoms with E-state index in [1.54, 1.807) is 12.4 Å². The SMILES string of the molecule is c1cnc2cc(NC3CCN4CCCC4C3)ccc2n1. The van der Waals surface area contributed by atoms with Crippen molar-refractivity contribution in [3.63, 3.8) is 0 Å². The molecule has 3 heterocycles. The second-order valence-electron chi connectivity index (χ2n) is 5.96. The van der Waals surface area contributed by atoms with Crippen molar-refractivity contribution in [1.82, 2.24) is 14.9 Å². The minimum Gasteiger partial charge on any atom is -0.382 e. The molecule has 104 valence electrons. The number of nitrogens with one attached hydrogen (secondary N) is 1. The second kappa shape index (κ2) is 5.02. The van der Waals surface area contributed by atoms with Gasteiger partial charge in [0, 0.05) is 36.7 Å². The lowest BCUT2D eigenvalue weighted by atomic mass is 9.97. The molecule has 2 unspecified atom stereocenters. The third-order valence-electron chi connectivity index (χ3n) is 4.66. The summed E-state index contributed by atoms with van der Waals surface area (Å²) >= 11 is 0. The number of anilines is 1. The van der Waals surface area contributed by atoms with Crippen molar-refractivity contribution in [3.05, 3.63) is 30.6 Å². The van der Waals surface area contributed by atoms with Crippen molar-refractivity contribution in [2.75, 3.05) is 18.4 Å². The number of aromatic nitrogens is 2. The monoisotopic (exact) mass is 268 g/mol. The van der Waals surface area contributed by atoms with Gasteiger partial charge in [-0.1, -0.05) is 0 Å². The first-order valence-corrected chi connectivity index (χ1v) is 7.60. The summed E-state index contributed by atoms with van der Waals surface area (Å²) < 4.78 is 0. The van der Waals surface area contributed by atoms with Gasteiger partial charge < -0.3 is 10.2 Å². The molecule has 1 N–H and O–H groups in total. The Morgan fingerprint density at radius 3 is 2.90 bits per heavy atom. The molecule has 2 saturated heterocycles. The lowest BCUT2D eigenvalue weighted by Gasteiger charge is -2.35. The van der Waals surface area contributed by atoms with Crippen LogP contribution in [0.3, 0.4) is 0 Å². The van der Waals surface area contributed by atoms with Crippen LogP contribution in [-0.2, 0) is 0 Å². The lowest BCUT2D eigenvalue weighted by molar-refractivity contribution is 0.188. The quantitative estimate of drug-likeness (QED) is 0.909. The third-order valence-corrected chi connectivity index (χ3v) is 4.66. The van der Waals surface area contributed by atoms with Gasteiger partial charge in [0.2, 0.25) is 0 Å². The molecule has 0 amide bonds. The van der Waals surface area contributed by atoms with Gasteiger partial charge in [-0.3, -0.25) is 9.97 Å². The van der Waals surface area contributed by atoms with Gasteiger partial charge in [0.15, 0.2) is 0 Å². The van der Waals surface area contributed by atoms with E-state index in [0.717, 1.165) is 17.1 Å². The van der Waals surface area contributed by atoms with E-state index in [1.807, 2.05) is 0 Å². The van der Waals surface area contributed by atoms with E-state index in [1.165, 1.54) is 44.5 Å². The molecule has 0 spiro atoms. The largest absolute Gasteiger partial charge is 0.382 e. The third kappa shape index (κ3) is 2.24. The minimum absolute atomic E-state index is 0.600. The normalized spacial score (nSPS) is 26.6. The van der Waals surface area contributed by atoms with Gasteiger partial charge in [-0.05, 0) is 50.4 Å². The number of hydrogen-bond donors (Lipinski definition) is 1. The van der Waals surface area contributed by atoms with Crippen molar-refractivity contribution in [1.29, 1.82) is 0 Å². The summed E-state index contributed by atoms with van der Waals surface area (Å²) in [5, 5.41) is 3.69. The average Bonchev–Trinajstić information content (AvgIpc) is 2.95. The number of hydrogen-bond acceptors (Lipinski definition) is 4. The number of fused-ring (bicyclic) bond motifs is 2. The zero-order valence-electron chi connectivity index (χ0n) is 11.6. The average molecular weight is 268 g/mol. The summed E-state index contributed by atoms with van der Waals surface area (Å²) in [6.07, 6.45) is 8.77. The van der Waals surface area contributed by atoms with Crippen molar-refractivity contribution < 1.29 is 0 Å². The smallest absolute Gasteiger partial charge is 0.0907 e. The van der Waals surface area contributed by atoms with Gasteiger partial charge in [0.1, 0.15) is 0 Å². The fourth-order valence-electron chi connectivity index (χ4n) is 3.64. The zero-order valence-corrected chi connectivity index (χ0v) is 11.6. The highest BCUT2D eigenvalue weighted by atomic mass is 15.2. The van der Waals surface area contributed by atoms with Gasteiger partial charge >= 0.3 is 0 Å². The van der Waals surface area contributed by atoms with Gasteiger partial charge in [-0.15, -0.1) is 0 Å². The summed E-state index contributed by atoms with van der Waals surface area (Å²) in [7, 11) is 0. The van der Waals surface area contributed by atoms with Gasteiger partial charge in [0.25, 0.3) is 0 Å². The predicted octanol–water partition coefficient (Wildman–Crippen LogP) is 2.67. The molecular weight excluding hydrogens is 248 g/mol. The van der Waals surface area contributed by atoms with Crippen molar-refractivity contribution >= 4 is 16.7 Å². The summed E-state index contributed by atoms with van der Waals surface area (Å²) in [6.45, 7) is 2.55. The highest BCUT2D eigenvalue weighted by Crippen LogP contribution is 2.28. The first-order valence-electron chi connectivity index (χ1n) is 7.60. The fraction of sp³-hybridized carbons (Fsp3) is 0.500. The maximum Gasteiger partial charge on any atom is 0.0907 e. The summed E-state index contributed by atoms with van der Waals surface area (Å²) in [6, 6.07) is 7.70. The van der Waals surface area contributed by atoms with Crippen LogP contribution < -0.4 is 5.32 Å². The highest BCUT2D eigenvalue weighted by Gasteiger charge is 2.31. The van der Waals surface area contributed by atoms with Crippen molar-refractivity contribution in [2.45, 2.75) is 37.8 Å². The van der Waals surface area contributed by atoms with Crippen LogP contribution in [0.1, 0.15) is 25.7 Å². The molecule has 20 heavy (non-hydrogen) atoms. The van der Waals surface area contributed by atoms with Crippen molar-refractivity contribution in [3.8, 4) is 0 Å². The molecule has 4 heteroatoms. The van der Waals surface area contributed by atoms with E-state index in [9.17, 15) is 0 Å². The Morgan fingerprint density at radius 2 is 1.95 bits per heavy atom. The van der Waals surface area contributed by atoms with Gasteiger partial charge in [-0.2, -0.15) is 0 Å². The Labute approximate surface area is 119 Å². The van der Waals surface area contributed by atoms with Crippen LogP contribution in [0.25, 0.3) is 11.0 Å². The van der Waals surface area contributed by atoms with E-state index in [4.69, 9.17) is 0 Å². The standard InChI is InChI=1S/C16H20N4/c1-2-14-10-13(5-9-20(14)8-1)19-12-3-4-15-16(11-12)18-7-6-17-15/h3-4,6-7,11,13-14,19H,1-2,5,8-10H2. The fourth-order valence-corrected chi connectivity index (χ4v) is 3.64. The summed E-state index contributed by atoms with van der Waals surface area (Å²) in [5.41, 5.74) is 3.11. The first kappa shape index (κ1) is 12.1. The molecule has 2 atom stereocenters. The summed E-state index contributed by atoms with van der Waals surface area (Å²) in [5.74, 6) is 0. The number of rotatable bonds is 2. The molecule has 1 aromatic heterocycles.